The van der Waals surface area contributed by atoms with Gasteiger partial charge >= 0.3 is 6.03 Å². The van der Waals surface area contributed by atoms with E-state index in [0.29, 0.717) is 11.4 Å². The maximum Gasteiger partial charge on any atom is 0.323 e. The van der Waals surface area contributed by atoms with Crippen molar-refractivity contribution in [2.75, 3.05) is 22.5 Å². The molecule has 0 radical (unpaired) electrons. The molecular weight excluding hydrogens is 316 g/mol. The first-order valence-electron chi connectivity index (χ1n) is 8.48. The van der Waals surface area contributed by atoms with Crippen molar-refractivity contribution in [2.45, 2.75) is 25.3 Å². The molecule has 2 aromatic rings. The summed E-state index contributed by atoms with van der Waals surface area (Å²) in [5, 5.41) is 11.6. The van der Waals surface area contributed by atoms with Gasteiger partial charge in [0.1, 0.15) is 0 Å². The second-order valence-corrected chi connectivity index (χ2v) is 6.01. The molecule has 2 aromatic carbocycles. The van der Waals surface area contributed by atoms with Gasteiger partial charge in [-0.1, -0.05) is 24.6 Å². The van der Waals surface area contributed by atoms with Crippen molar-refractivity contribution in [3.8, 4) is 0 Å². The Kier molecular flexibility index (Phi) is 5.64. The summed E-state index contributed by atoms with van der Waals surface area (Å²) in [7, 11) is 0. The summed E-state index contributed by atoms with van der Waals surface area (Å²) in [5.41, 5.74) is 2.09. The molecule has 0 bridgehead atoms. The van der Waals surface area contributed by atoms with Crippen molar-refractivity contribution in [2.24, 2.45) is 0 Å². The van der Waals surface area contributed by atoms with Gasteiger partial charge in [0.25, 0.3) is 0 Å². The van der Waals surface area contributed by atoms with Crippen LogP contribution in [0.4, 0.5) is 21.9 Å². The Balaban J connectivity index is 1.51. The summed E-state index contributed by atoms with van der Waals surface area (Å²) in [6.45, 7) is 0.886. The third-order valence-corrected chi connectivity index (χ3v) is 4.07. The molecule has 1 aliphatic rings. The molecule has 1 heterocycles. The van der Waals surface area contributed by atoms with Crippen LogP contribution in [0.1, 0.15) is 19.3 Å². The van der Waals surface area contributed by atoms with Crippen LogP contribution in [0.2, 0.25) is 0 Å². The number of hydrogen-bond donors (Lipinski definition) is 4. The van der Waals surface area contributed by atoms with E-state index in [1.54, 1.807) is 24.3 Å². The number of para-hydroxylation sites is 1. The van der Waals surface area contributed by atoms with E-state index in [1.165, 1.54) is 0 Å². The maximum atomic E-state index is 12.2. The van der Waals surface area contributed by atoms with Crippen LogP contribution in [0.5, 0.6) is 0 Å². The lowest BCUT2D eigenvalue weighted by atomic mass is 10.0. The highest BCUT2D eigenvalue weighted by Crippen LogP contribution is 2.16. The summed E-state index contributed by atoms with van der Waals surface area (Å²) in [5.74, 6) is -0.0118. The Labute approximate surface area is 147 Å². The summed E-state index contributed by atoms with van der Waals surface area (Å²) < 4.78 is 0. The number of piperidine rings is 1. The Morgan fingerprint density at radius 1 is 0.800 bits per heavy atom. The molecule has 0 saturated carbocycles. The van der Waals surface area contributed by atoms with E-state index in [2.05, 4.69) is 21.3 Å². The quantitative estimate of drug-likeness (QED) is 0.689. The third-order valence-electron chi connectivity index (χ3n) is 4.07. The first kappa shape index (κ1) is 17.0. The van der Waals surface area contributed by atoms with Gasteiger partial charge in [-0.25, -0.2) is 4.79 Å². The number of amides is 3. The van der Waals surface area contributed by atoms with Crippen LogP contribution < -0.4 is 21.3 Å². The minimum atomic E-state index is -0.311. The van der Waals surface area contributed by atoms with Crippen molar-refractivity contribution in [3.05, 3.63) is 54.6 Å². The summed E-state index contributed by atoms with van der Waals surface area (Å²) in [6, 6.07) is 15.9. The second-order valence-electron chi connectivity index (χ2n) is 6.01. The van der Waals surface area contributed by atoms with Crippen molar-refractivity contribution in [3.63, 3.8) is 0 Å². The molecule has 1 atom stereocenters. The summed E-state index contributed by atoms with van der Waals surface area (Å²) in [6.07, 6.45) is 3.06. The predicted molar refractivity (Wildman–Crippen MR) is 99.8 cm³/mol. The molecule has 130 valence electrons. The van der Waals surface area contributed by atoms with Crippen molar-refractivity contribution in [1.29, 1.82) is 0 Å². The number of hydrogen-bond acceptors (Lipinski definition) is 3. The summed E-state index contributed by atoms with van der Waals surface area (Å²) in [4.78, 5) is 24.1. The molecular formula is C19H22N4O2. The van der Waals surface area contributed by atoms with Gasteiger partial charge in [0.15, 0.2) is 0 Å². The van der Waals surface area contributed by atoms with E-state index in [1.807, 2.05) is 30.3 Å². The predicted octanol–water partition coefficient (Wildman–Crippen LogP) is 3.41. The Bertz CT molecular complexity index is 710. The highest BCUT2D eigenvalue weighted by atomic mass is 16.2. The zero-order valence-electron chi connectivity index (χ0n) is 13.9. The lowest BCUT2D eigenvalue weighted by molar-refractivity contribution is -0.118. The van der Waals surface area contributed by atoms with Crippen molar-refractivity contribution < 1.29 is 9.59 Å². The lowest BCUT2D eigenvalue weighted by Gasteiger charge is -2.22. The summed E-state index contributed by atoms with van der Waals surface area (Å²) >= 11 is 0. The SMILES string of the molecule is O=C(Nc1ccccc1)Nc1ccc(NC(=O)C2CCCCN2)cc1. The van der Waals surface area contributed by atoms with Crippen LogP contribution in [0.25, 0.3) is 0 Å². The zero-order chi connectivity index (χ0) is 17.5. The van der Waals surface area contributed by atoms with E-state index in [9.17, 15) is 9.59 Å². The molecule has 0 aromatic heterocycles. The highest BCUT2D eigenvalue weighted by Gasteiger charge is 2.20. The van der Waals surface area contributed by atoms with Gasteiger partial charge in [0.05, 0.1) is 6.04 Å². The number of anilines is 3. The highest BCUT2D eigenvalue weighted by molar-refractivity contribution is 6.00. The molecule has 6 nitrogen and oxygen atoms in total. The van der Waals surface area contributed by atoms with Gasteiger partial charge in [-0.2, -0.15) is 0 Å². The maximum absolute atomic E-state index is 12.2. The fraction of sp³-hybridized carbons (Fsp3) is 0.263. The average molecular weight is 338 g/mol. The number of carbonyl (C=O) groups excluding carboxylic acids is 2. The van der Waals surface area contributed by atoms with Crippen LogP contribution in [0, 0.1) is 0 Å². The topological polar surface area (TPSA) is 82.3 Å². The second kappa shape index (κ2) is 8.30. The monoisotopic (exact) mass is 338 g/mol. The molecule has 1 fully saturated rings. The van der Waals surface area contributed by atoms with E-state index >= 15 is 0 Å². The van der Waals surface area contributed by atoms with E-state index in [4.69, 9.17) is 0 Å². The van der Waals surface area contributed by atoms with Crippen LogP contribution in [0.15, 0.2) is 54.6 Å². The number of nitrogens with one attached hydrogen (secondary N) is 4. The molecule has 3 rings (SSSR count). The molecule has 25 heavy (non-hydrogen) atoms. The average Bonchev–Trinajstić information content (AvgIpc) is 2.65. The minimum absolute atomic E-state index is 0.0118. The van der Waals surface area contributed by atoms with E-state index in [-0.39, 0.29) is 18.0 Å². The van der Waals surface area contributed by atoms with Crippen LogP contribution in [-0.2, 0) is 4.79 Å². The largest absolute Gasteiger partial charge is 0.325 e. The Morgan fingerprint density at radius 2 is 1.40 bits per heavy atom. The molecule has 6 heteroatoms. The van der Waals surface area contributed by atoms with Gasteiger partial charge in [-0.15, -0.1) is 0 Å². The fourth-order valence-corrected chi connectivity index (χ4v) is 2.76. The van der Waals surface area contributed by atoms with Gasteiger partial charge in [-0.3, -0.25) is 4.79 Å². The van der Waals surface area contributed by atoms with E-state index in [0.717, 1.165) is 31.5 Å². The fourth-order valence-electron chi connectivity index (χ4n) is 2.76. The van der Waals surface area contributed by atoms with Crippen molar-refractivity contribution in [1.82, 2.24) is 5.32 Å². The van der Waals surface area contributed by atoms with E-state index < -0.39 is 0 Å². The van der Waals surface area contributed by atoms with Crippen LogP contribution >= 0.6 is 0 Å². The van der Waals surface area contributed by atoms with Gasteiger partial charge in [-0.05, 0) is 55.8 Å². The standard InChI is InChI=1S/C19H22N4O2/c24-18(17-8-4-5-13-20-17)21-15-9-11-16(12-10-15)23-19(25)22-14-6-2-1-3-7-14/h1-3,6-7,9-12,17,20H,4-5,8,13H2,(H,21,24)(H2,22,23,25). The number of benzene rings is 2. The molecule has 1 saturated heterocycles. The third kappa shape index (κ3) is 5.06. The lowest BCUT2D eigenvalue weighted by Crippen LogP contribution is -2.43. The number of urea groups is 1. The Hall–Kier alpha value is -2.86. The van der Waals surface area contributed by atoms with Gasteiger partial charge in [0, 0.05) is 17.1 Å². The Morgan fingerprint density at radius 3 is 2.00 bits per heavy atom. The number of rotatable bonds is 4. The smallest absolute Gasteiger partial charge is 0.323 e. The molecule has 1 aliphatic heterocycles. The first-order valence-corrected chi connectivity index (χ1v) is 8.48. The normalized spacial score (nSPS) is 16.7. The van der Waals surface area contributed by atoms with Gasteiger partial charge in [0.2, 0.25) is 5.91 Å². The first-order chi connectivity index (χ1) is 12.2. The van der Waals surface area contributed by atoms with Gasteiger partial charge < -0.3 is 21.3 Å². The zero-order valence-corrected chi connectivity index (χ0v) is 13.9. The minimum Gasteiger partial charge on any atom is -0.325 e. The molecule has 1 unspecified atom stereocenters. The van der Waals surface area contributed by atoms with Crippen LogP contribution in [0.3, 0.4) is 0 Å². The van der Waals surface area contributed by atoms with Crippen LogP contribution in [-0.4, -0.2) is 24.5 Å². The molecule has 3 amide bonds. The molecule has 4 N–H and O–H groups in total. The van der Waals surface area contributed by atoms with Crippen molar-refractivity contribution >= 4 is 29.0 Å². The molecule has 0 spiro atoms. The number of carbonyl (C=O) groups is 2. The molecule has 0 aliphatic carbocycles.